The molecular formula is C18H19N5O2. The highest BCUT2D eigenvalue weighted by Crippen LogP contribution is 2.20. The number of fused-ring (bicyclic) bond motifs is 1. The maximum Gasteiger partial charge on any atom is 0.257 e. The predicted molar refractivity (Wildman–Crippen MR) is 95.8 cm³/mol. The van der Waals surface area contributed by atoms with Crippen LogP contribution in [0.2, 0.25) is 0 Å². The van der Waals surface area contributed by atoms with Gasteiger partial charge in [0.1, 0.15) is 0 Å². The number of hydrogen-bond donors (Lipinski definition) is 2. The molecule has 0 saturated carbocycles. The molecule has 0 unspecified atom stereocenters. The normalized spacial score (nSPS) is 10.7. The van der Waals surface area contributed by atoms with Crippen molar-refractivity contribution in [1.29, 1.82) is 0 Å². The molecule has 3 aromatic rings. The number of carbonyl (C=O) groups is 2. The first kappa shape index (κ1) is 16.6. The fraction of sp³-hybridized carbons (Fsp3) is 0.222. The fourth-order valence-corrected chi connectivity index (χ4v) is 2.67. The Morgan fingerprint density at radius 3 is 2.56 bits per heavy atom. The standard InChI is InChI=1S/C18H19N5O2/c1-10-5-6-12(17(24)19-3)8-15(10)21-18(25)13-7-14-11(2)22-23(4)16(14)20-9-13/h5-9H,1-4H3,(H,19,24)(H,21,25). The lowest BCUT2D eigenvalue weighted by Gasteiger charge is -2.10. The Kier molecular flexibility index (Phi) is 4.22. The van der Waals surface area contributed by atoms with Gasteiger partial charge in [-0.1, -0.05) is 6.07 Å². The molecule has 0 aliphatic carbocycles. The molecule has 2 amide bonds. The average molecular weight is 337 g/mol. The van der Waals surface area contributed by atoms with Crippen molar-refractivity contribution in [2.24, 2.45) is 7.05 Å². The molecule has 7 nitrogen and oxygen atoms in total. The van der Waals surface area contributed by atoms with Crippen LogP contribution in [0, 0.1) is 13.8 Å². The Hall–Kier alpha value is -3.22. The summed E-state index contributed by atoms with van der Waals surface area (Å²) in [6, 6.07) is 6.95. The Balaban J connectivity index is 1.92. The van der Waals surface area contributed by atoms with Gasteiger partial charge in [0.25, 0.3) is 11.8 Å². The number of aromatic nitrogens is 3. The van der Waals surface area contributed by atoms with E-state index in [9.17, 15) is 9.59 Å². The monoisotopic (exact) mass is 337 g/mol. The number of pyridine rings is 1. The summed E-state index contributed by atoms with van der Waals surface area (Å²) in [7, 11) is 3.38. The first-order valence-electron chi connectivity index (χ1n) is 7.84. The van der Waals surface area contributed by atoms with Gasteiger partial charge in [0, 0.05) is 36.9 Å². The Labute approximate surface area is 145 Å². The minimum atomic E-state index is -0.283. The van der Waals surface area contributed by atoms with E-state index in [0.29, 0.717) is 16.8 Å². The van der Waals surface area contributed by atoms with Gasteiger partial charge in [0.2, 0.25) is 0 Å². The van der Waals surface area contributed by atoms with Gasteiger partial charge in [0.05, 0.1) is 11.3 Å². The highest BCUT2D eigenvalue weighted by molar-refractivity contribution is 6.06. The number of hydrogen-bond acceptors (Lipinski definition) is 4. The van der Waals surface area contributed by atoms with Crippen LogP contribution in [0.3, 0.4) is 0 Å². The summed E-state index contributed by atoms with van der Waals surface area (Å²) in [6.45, 7) is 3.75. The molecule has 3 rings (SSSR count). The molecule has 7 heteroatoms. The largest absolute Gasteiger partial charge is 0.355 e. The second-order valence-electron chi connectivity index (χ2n) is 5.87. The number of aryl methyl sites for hydroxylation is 3. The van der Waals surface area contributed by atoms with Gasteiger partial charge in [0.15, 0.2) is 5.65 Å². The number of amides is 2. The summed E-state index contributed by atoms with van der Waals surface area (Å²) in [4.78, 5) is 28.7. The van der Waals surface area contributed by atoms with Crippen molar-refractivity contribution in [2.75, 3.05) is 12.4 Å². The van der Waals surface area contributed by atoms with Crippen molar-refractivity contribution in [3.8, 4) is 0 Å². The SMILES string of the molecule is CNC(=O)c1ccc(C)c(NC(=O)c2cnc3c(c2)c(C)nn3C)c1. The van der Waals surface area contributed by atoms with Crippen LogP contribution in [-0.2, 0) is 7.05 Å². The van der Waals surface area contributed by atoms with E-state index in [1.54, 1.807) is 36.0 Å². The average Bonchev–Trinajstić information content (AvgIpc) is 2.89. The molecule has 0 radical (unpaired) electrons. The van der Waals surface area contributed by atoms with Gasteiger partial charge in [-0.25, -0.2) is 4.98 Å². The van der Waals surface area contributed by atoms with Gasteiger partial charge in [-0.3, -0.25) is 14.3 Å². The zero-order valence-corrected chi connectivity index (χ0v) is 14.5. The van der Waals surface area contributed by atoms with E-state index >= 15 is 0 Å². The van der Waals surface area contributed by atoms with Crippen LogP contribution in [0.15, 0.2) is 30.5 Å². The van der Waals surface area contributed by atoms with E-state index in [-0.39, 0.29) is 11.8 Å². The number of nitrogens with zero attached hydrogens (tertiary/aromatic N) is 3. The third-order valence-electron chi connectivity index (χ3n) is 4.10. The quantitative estimate of drug-likeness (QED) is 0.767. The highest BCUT2D eigenvalue weighted by atomic mass is 16.2. The van der Waals surface area contributed by atoms with Crippen molar-refractivity contribution in [3.63, 3.8) is 0 Å². The molecule has 0 aliphatic rings. The molecule has 0 fully saturated rings. The minimum absolute atomic E-state index is 0.204. The van der Waals surface area contributed by atoms with E-state index in [1.165, 1.54) is 6.20 Å². The molecule has 0 atom stereocenters. The lowest BCUT2D eigenvalue weighted by atomic mass is 10.1. The zero-order chi connectivity index (χ0) is 18.1. The van der Waals surface area contributed by atoms with Crippen LogP contribution in [0.1, 0.15) is 32.0 Å². The van der Waals surface area contributed by atoms with Crippen molar-refractivity contribution in [2.45, 2.75) is 13.8 Å². The summed E-state index contributed by atoms with van der Waals surface area (Å²) in [5, 5.41) is 10.6. The summed E-state index contributed by atoms with van der Waals surface area (Å²) >= 11 is 0. The molecule has 1 aromatic carbocycles. The molecule has 128 valence electrons. The topological polar surface area (TPSA) is 88.9 Å². The van der Waals surface area contributed by atoms with Crippen LogP contribution >= 0.6 is 0 Å². The Bertz CT molecular complexity index is 991. The predicted octanol–water partition coefficient (Wildman–Crippen LogP) is 2.20. The van der Waals surface area contributed by atoms with Gasteiger partial charge < -0.3 is 10.6 Å². The summed E-state index contributed by atoms with van der Waals surface area (Å²) in [5.74, 6) is -0.487. The summed E-state index contributed by atoms with van der Waals surface area (Å²) in [6.07, 6.45) is 1.52. The second-order valence-corrected chi connectivity index (χ2v) is 5.87. The van der Waals surface area contributed by atoms with Crippen molar-refractivity contribution < 1.29 is 9.59 Å². The number of anilines is 1. The maximum atomic E-state index is 12.6. The first-order chi connectivity index (χ1) is 11.9. The van der Waals surface area contributed by atoms with Crippen LogP contribution in [-0.4, -0.2) is 33.6 Å². The lowest BCUT2D eigenvalue weighted by Crippen LogP contribution is -2.19. The number of benzene rings is 1. The number of carbonyl (C=O) groups excluding carboxylic acids is 2. The molecule has 0 bridgehead atoms. The van der Waals surface area contributed by atoms with Crippen molar-refractivity contribution in [1.82, 2.24) is 20.1 Å². The lowest BCUT2D eigenvalue weighted by molar-refractivity contribution is 0.0961. The molecule has 0 saturated heterocycles. The minimum Gasteiger partial charge on any atom is -0.355 e. The zero-order valence-electron chi connectivity index (χ0n) is 14.5. The molecule has 25 heavy (non-hydrogen) atoms. The van der Waals surface area contributed by atoms with Gasteiger partial charge in [-0.15, -0.1) is 0 Å². The third-order valence-corrected chi connectivity index (χ3v) is 4.10. The molecule has 0 spiro atoms. The van der Waals surface area contributed by atoms with E-state index in [1.807, 2.05) is 20.9 Å². The van der Waals surface area contributed by atoms with E-state index in [2.05, 4.69) is 20.7 Å². The maximum absolute atomic E-state index is 12.6. The van der Waals surface area contributed by atoms with Crippen molar-refractivity contribution in [3.05, 3.63) is 52.8 Å². The van der Waals surface area contributed by atoms with E-state index in [0.717, 1.165) is 22.3 Å². The van der Waals surface area contributed by atoms with E-state index < -0.39 is 0 Å². The molecule has 2 aromatic heterocycles. The van der Waals surface area contributed by atoms with E-state index in [4.69, 9.17) is 0 Å². The first-order valence-corrected chi connectivity index (χ1v) is 7.84. The Morgan fingerprint density at radius 2 is 1.84 bits per heavy atom. The number of nitrogens with one attached hydrogen (secondary N) is 2. The smallest absolute Gasteiger partial charge is 0.257 e. The molecule has 2 heterocycles. The van der Waals surface area contributed by atoms with Crippen molar-refractivity contribution >= 4 is 28.5 Å². The van der Waals surface area contributed by atoms with Crippen LogP contribution in [0.25, 0.3) is 11.0 Å². The fourth-order valence-electron chi connectivity index (χ4n) is 2.67. The highest BCUT2D eigenvalue weighted by Gasteiger charge is 2.14. The second kappa shape index (κ2) is 6.35. The Morgan fingerprint density at radius 1 is 1.08 bits per heavy atom. The van der Waals surface area contributed by atoms with Crippen LogP contribution in [0.4, 0.5) is 5.69 Å². The molecular weight excluding hydrogens is 318 g/mol. The molecule has 2 N–H and O–H groups in total. The van der Waals surface area contributed by atoms with Gasteiger partial charge in [-0.2, -0.15) is 5.10 Å². The van der Waals surface area contributed by atoms with Crippen LogP contribution < -0.4 is 10.6 Å². The van der Waals surface area contributed by atoms with Gasteiger partial charge >= 0.3 is 0 Å². The van der Waals surface area contributed by atoms with Crippen LogP contribution in [0.5, 0.6) is 0 Å². The summed E-state index contributed by atoms with van der Waals surface area (Å²) < 4.78 is 1.68. The summed E-state index contributed by atoms with van der Waals surface area (Å²) in [5.41, 5.74) is 3.93. The molecule has 0 aliphatic heterocycles. The van der Waals surface area contributed by atoms with Gasteiger partial charge in [-0.05, 0) is 37.6 Å². The number of rotatable bonds is 3. The third kappa shape index (κ3) is 3.08.